The second-order valence-electron chi connectivity index (χ2n) is 9.54. The summed E-state index contributed by atoms with van der Waals surface area (Å²) in [6.45, 7) is 1.36. The number of esters is 1. The molecule has 1 saturated heterocycles. The molecule has 11 heteroatoms. The van der Waals surface area contributed by atoms with E-state index in [1.807, 2.05) is 37.3 Å². The van der Waals surface area contributed by atoms with E-state index in [4.69, 9.17) is 32.9 Å². The van der Waals surface area contributed by atoms with Gasteiger partial charge in [-0.25, -0.2) is 14.7 Å². The highest BCUT2D eigenvalue weighted by atomic mass is 35.5. The summed E-state index contributed by atoms with van der Waals surface area (Å²) in [5.41, 5.74) is 3.36. The van der Waals surface area contributed by atoms with Crippen LogP contribution in [0.4, 0.5) is 5.69 Å². The molecule has 0 saturated carbocycles. The van der Waals surface area contributed by atoms with Crippen LogP contribution < -0.4 is 4.90 Å². The first-order valence-corrected chi connectivity index (χ1v) is 14.6. The molecule has 1 atom stereocenters. The molecule has 2 heterocycles. The van der Waals surface area contributed by atoms with E-state index in [9.17, 15) is 24.4 Å². The van der Waals surface area contributed by atoms with E-state index in [0.29, 0.717) is 21.3 Å². The fourth-order valence-corrected chi connectivity index (χ4v) is 5.85. The molecular formula is C32H21Cl2N3O5S. The molecule has 0 radical (unpaired) electrons. The molecular weight excluding hydrogens is 609 g/mol. The van der Waals surface area contributed by atoms with Crippen molar-refractivity contribution in [1.29, 1.82) is 5.26 Å². The lowest BCUT2D eigenvalue weighted by atomic mass is 10.1. The number of anilines is 1. The number of nitriles is 1. The van der Waals surface area contributed by atoms with Crippen molar-refractivity contribution in [3.8, 4) is 17.3 Å². The van der Waals surface area contributed by atoms with Crippen molar-refractivity contribution in [2.45, 2.75) is 23.6 Å². The molecule has 3 aromatic carbocycles. The Morgan fingerprint density at radius 3 is 2.37 bits per heavy atom. The monoisotopic (exact) mass is 629 g/mol. The third-order valence-corrected chi connectivity index (χ3v) is 8.57. The molecule has 5 rings (SSSR count). The van der Waals surface area contributed by atoms with Gasteiger partial charge in [-0.15, -0.1) is 0 Å². The third kappa shape index (κ3) is 6.47. The standard InChI is InChI=1S/C32H21Cl2N3O5S/c1-18-13-22(16-35)30(36-29(18)19-5-3-2-4-6-19)43-27-15-28(39)37(31(27)40)23-10-7-20(8-11-23)32(41)42-17-26(38)21-9-12-24(33)25(34)14-21/h2-14,27H,15,17H2,1H3. The SMILES string of the molecule is Cc1cc(C#N)c(SC2CC(=O)N(c3ccc(C(=O)OCC(=O)c4ccc(Cl)c(Cl)c4)cc3)C2=O)nc1-c1ccccc1. The van der Waals surface area contributed by atoms with Gasteiger partial charge in [0.15, 0.2) is 12.4 Å². The Kier molecular flexibility index (Phi) is 8.92. The molecule has 1 aliphatic heterocycles. The number of amides is 2. The predicted molar refractivity (Wildman–Crippen MR) is 163 cm³/mol. The quantitative estimate of drug-likeness (QED) is 0.120. The maximum absolute atomic E-state index is 13.3. The first-order chi connectivity index (χ1) is 20.7. The van der Waals surface area contributed by atoms with Crippen molar-refractivity contribution >= 4 is 64.2 Å². The van der Waals surface area contributed by atoms with E-state index in [1.165, 1.54) is 42.5 Å². The van der Waals surface area contributed by atoms with Crippen molar-refractivity contribution in [3.63, 3.8) is 0 Å². The number of rotatable bonds is 8. The lowest BCUT2D eigenvalue weighted by Gasteiger charge is -2.16. The Labute approximate surface area is 261 Å². The first kappa shape index (κ1) is 30.0. The Hall–Kier alpha value is -4.49. The molecule has 0 aliphatic carbocycles. The zero-order valence-electron chi connectivity index (χ0n) is 22.5. The molecule has 1 aromatic heterocycles. The summed E-state index contributed by atoms with van der Waals surface area (Å²) in [6.07, 6.45) is -0.0782. The van der Waals surface area contributed by atoms with Crippen LogP contribution in [0.15, 0.2) is 83.9 Å². The highest BCUT2D eigenvalue weighted by Gasteiger charge is 2.41. The lowest BCUT2D eigenvalue weighted by molar-refractivity contribution is -0.121. The number of aromatic nitrogens is 1. The van der Waals surface area contributed by atoms with Crippen LogP contribution in [0.5, 0.6) is 0 Å². The first-order valence-electron chi connectivity index (χ1n) is 12.9. The van der Waals surface area contributed by atoms with Gasteiger partial charge < -0.3 is 4.74 Å². The number of benzene rings is 3. The van der Waals surface area contributed by atoms with E-state index in [0.717, 1.165) is 27.8 Å². The second-order valence-corrected chi connectivity index (χ2v) is 11.5. The molecule has 2 amide bonds. The Morgan fingerprint density at radius 2 is 1.70 bits per heavy atom. The summed E-state index contributed by atoms with van der Waals surface area (Å²) < 4.78 is 5.13. The average molecular weight is 631 g/mol. The predicted octanol–water partition coefficient (Wildman–Crippen LogP) is 6.70. The summed E-state index contributed by atoms with van der Waals surface area (Å²) in [5, 5.41) is 9.80. The number of hydrogen-bond acceptors (Lipinski definition) is 8. The van der Waals surface area contributed by atoms with Gasteiger partial charge >= 0.3 is 5.97 Å². The summed E-state index contributed by atoms with van der Waals surface area (Å²) in [6, 6.07) is 23.4. The van der Waals surface area contributed by atoms with E-state index in [1.54, 1.807) is 6.07 Å². The zero-order chi connectivity index (χ0) is 30.7. The van der Waals surface area contributed by atoms with Crippen molar-refractivity contribution < 1.29 is 23.9 Å². The van der Waals surface area contributed by atoms with E-state index >= 15 is 0 Å². The molecule has 4 aromatic rings. The highest BCUT2D eigenvalue weighted by Crippen LogP contribution is 2.36. The number of halogens is 2. The number of carbonyl (C=O) groups excluding carboxylic acids is 4. The molecule has 0 N–H and O–H groups in total. The van der Waals surface area contributed by atoms with Crippen molar-refractivity contribution in [2.24, 2.45) is 0 Å². The molecule has 0 bridgehead atoms. The van der Waals surface area contributed by atoms with Gasteiger partial charge in [0.2, 0.25) is 11.8 Å². The molecule has 214 valence electrons. The fraction of sp³-hybridized carbons (Fsp3) is 0.125. The average Bonchev–Trinajstić information content (AvgIpc) is 3.29. The van der Waals surface area contributed by atoms with Crippen LogP contribution in [0, 0.1) is 18.3 Å². The number of Topliss-reactive ketones (excluding diaryl/α,β-unsaturated/α-hetero) is 1. The minimum absolute atomic E-state index is 0.0782. The van der Waals surface area contributed by atoms with Crippen LogP contribution in [-0.2, 0) is 14.3 Å². The number of ketones is 1. The smallest absolute Gasteiger partial charge is 0.338 e. The van der Waals surface area contributed by atoms with Crippen LogP contribution in [0.1, 0.15) is 38.3 Å². The van der Waals surface area contributed by atoms with Crippen LogP contribution in [0.3, 0.4) is 0 Å². The minimum Gasteiger partial charge on any atom is -0.454 e. The van der Waals surface area contributed by atoms with Gasteiger partial charge in [0.05, 0.1) is 37.8 Å². The van der Waals surface area contributed by atoms with Crippen LogP contribution in [-0.4, -0.2) is 40.4 Å². The Balaban J connectivity index is 1.27. The van der Waals surface area contributed by atoms with Gasteiger partial charge in [0.25, 0.3) is 0 Å². The molecule has 1 fully saturated rings. The largest absolute Gasteiger partial charge is 0.454 e. The normalized spacial score (nSPS) is 14.5. The Morgan fingerprint density at radius 1 is 1.00 bits per heavy atom. The Bertz CT molecular complexity index is 1810. The van der Waals surface area contributed by atoms with Gasteiger partial charge in [-0.3, -0.25) is 14.4 Å². The van der Waals surface area contributed by atoms with Gasteiger partial charge in [-0.2, -0.15) is 5.26 Å². The zero-order valence-corrected chi connectivity index (χ0v) is 24.9. The minimum atomic E-state index is -0.782. The highest BCUT2D eigenvalue weighted by molar-refractivity contribution is 8.00. The van der Waals surface area contributed by atoms with Crippen molar-refractivity contribution in [2.75, 3.05) is 11.5 Å². The van der Waals surface area contributed by atoms with Gasteiger partial charge in [0, 0.05) is 17.5 Å². The van der Waals surface area contributed by atoms with Gasteiger partial charge in [-0.1, -0.05) is 65.3 Å². The second kappa shape index (κ2) is 12.8. The number of thioether (sulfide) groups is 1. The fourth-order valence-electron chi connectivity index (χ4n) is 4.47. The van der Waals surface area contributed by atoms with E-state index in [2.05, 4.69) is 6.07 Å². The molecule has 0 spiro atoms. The van der Waals surface area contributed by atoms with Crippen molar-refractivity contribution in [3.05, 3.63) is 111 Å². The number of ether oxygens (including phenoxy) is 1. The maximum atomic E-state index is 13.3. The number of pyridine rings is 1. The number of carbonyl (C=O) groups is 4. The molecule has 8 nitrogen and oxygen atoms in total. The van der Waals surface area contributed by atoms with Crippen LogP contribution in [0.25, 0.3) is 11.3 Å². The summed E-state index contributed by atoms with van der Waals surface area (Å²) in [4.78, 5) is 56.9. The number of hydrogen-bond donors (Lipinski definition) is 0. The molecule has 1 aliphatic rings. The van der Waals surface area contributed by atoms with Crippen LogP contribution in [0.2, 0.25) is 10.0 Å². The van der Waals surface area contributed by atoms with Crippen LogP contribution >= 0.6 is 35.0 Å². The number of nitrogens with zero attached hydrogens (tertiary/aromatic N) is 3. The van der Waals surface area contributed by atoms with E-state index < -0.39 is 35.4 Å². The summed E-state index contributed by atoms with van der Waals surface area (Å²) in [5.74, 6) is -2.08. The number of imide groups is 1. The maximum Gasteiger partial charge on any atom is 0.338 e. The molecule has 1 unspecified atom stereocenters. The van der Waals surface area contributed by atoms with Crippen molar-refractivity contribution in [1.82, 2.24) is 4.98 Å². The number of aryl methyl sites for hydroxylation is 1. The summed E-state index contributed by atoms with van der Waals surface area (Å²) in [7, 11) is 0. The topological polar surface area (TPSA) is 117 Å². The van der Waals surface area contributed by atoms with Gasteiger partial charge in [-0.05, 0) is 61.0 Å². The van der Waals surface area contributed by atoms with E-state index in [-0.39, 0.29) is 28.3 Å². The third-order valence-electron chi connectivity index (χ3n) is 6.64. The van der Waals surface area contributed by atoms with Gasteiger partial charge in [0.1, 0.15) is 11.1 Å². The molecule has 43 heavy (non-hydrogen) atoms. The summed E-state index contributed by atoms with van der Waals surface area (Å²) >= 11 is 12.9. The lowest BCUT2D eigenvalue weighted by Crippen LogP contribution is -2.31.